The molecule has 0 aliphatic rings. The van der Waals surface area contributed by atoms with E-state index in [0.29, 0.717) is 95.2 Å². The zero-order chi connectivity index (χ0) is 92.6. The minimum atomic E-state index is -8.07. The molecule has 664 valence electrons. The SMILES string of the molecule is O=C([O][Sn]([O]C(=O)c1c(Cc2ccccc2)c(Cc2ccccc2)c(Cc2ccccc2)c2ccccc12)([O]C(=O)c1c(Cc2ccccc2)c(Cc2ccccc2)c(Cc2ccccc2)c2ccccc12)[O]C(=O)c1c(Cc2ccccc2)c(Cc2ccccc2)c(Cc2ccccc2)c2ccccc12)c1c(Cc2ccccc2)c(Cc2ccccc2)c(Cc2ccccc2)c2ccccc12. The number of benzene rings is 20. The third-order valence-corrected chi connectivity index (χ3v) is 31.6. The van der Waals surface area contributed by atoms with Gasteiger partial charge in [0.2, 0.25) is 0 Å². The Labute approximate surface area is 806 Å². The third-order valence-electron chi connectivity index (χ3n) is 26.6. The van der Waals surface area contributed by atoms with Gasteiger partial charge < -0.3 is 0 Å². The fourth-order valence-corrected chi connectivity index (χ4v) is 24.7. The van der Waals surface area contributed by atoms with Crippen LogP contribution in [0.15, 0.2) is 461 Å². The predicted molar refractivity (Wildman–Crippen MR) is 554 cm³/mol. The average molecular weight is 1880 g/mol. The van der Waals surface area contributed by atoms with Gasteiger partial charge in [0.25, 0.3) is 0 Å². The molecule has 0 bridgehead atoms. The molecular formula is C128H100O8Sn. The molecule has 0 fully saturated rings. The Balaban J connectivity index is 0.914. The summed E-state index contributed by atoms with van der Waals surface area (Å²) in [4.78, 5) is 74.2. The van der Waals surface area contributed by atoms with Gasteiger partial charge in [-0.05, 0) is 0 Å². The molecule has 0 aromatic heterocycles. The van der Waals surface area contributed by atoms with Crippen molar-refractivity contribution in [1.82, 2.24) is 0 Å². The van der Waals surface area contributed by atoms with E-state index in [1.54, 1.807) is 0 Å². The van der Waals surface area contributed by atoms with Gasteiger partial charge in [0.1, 0.15) is 0 Å². The maximum atomic E-state index is 18.6. The first-order valence-corrected chi connectivity index (χ1v) is 51.8. The van der Waals surface area contributed by atoms with Crippen LogP contribution in [0.3, 0.4) is 0 Å². The zero-order valence-electron chi connectivity index (χ0n) is 76.1. The van der Waals surface area contributed by atoms with Crippen LogP contribution in [0.2, 0.25) is 0 Å². The summed E-state index contributed by atoms with van der Waals surface area (Å²) < 4.78 is 31.6. The van der Waals surface area contributed by atoms with Crippen LogP contribution in [-0.2, 0) is 89.3 Å². The first-order valence-electron chi connectivity index (χ1n) is 47.2. The standard InChI is InChI=1S/4C32H26O2.Sn/c4*33-32(34)31-27-19-11-10-18-26(27)28(20-23-12-4-1-5-13-23)29(21-24-14-6-2-7-15-24)30(31)22-25-16-8-3-9-17-25;/h4*1-19H,20-22H2,(H,33,34);/q;;;;+4/p-4. The summed E-state index contributed by atoms with van der Waals surface area (Å²) in [6, 6.07) is 154. The molecule has 0 saturated heterocycles. The van der Waals surface area contributed by atoms with Gasteiger partial charge in [-0.25, -0.2) is 0 Å². The molecule has 20 aromatic rings. The monoisotopic (exact) mass is 1880 g/mol. The molecule has 137 heavy (non-hydrogen) atoms. The number of fused-ring (bicyclic) bond motifs is 4. The molecule has 0 aliphatic heterocycles. The molecule has 0 saturated carbocycles. The van der Waals surface area contributed by atoms with Gasteiger partial charge in [-0.1, -0.05) is 0 Å². The second kappa shape index (κ2) is 41.7. The van der Waals surface area contributed by atoms with E-state index in [-0.39, 0.29) is 47.9 Å². The van der Waals surface area contributed by atoms with Crippen LogP contribution in [0.5, 0.6) is 0 Å². The molecule has 20 aromatic carbocycles. The van der Waals surface area contributed by atoms with E-state index in [2.05, 4.69) is 170 Å². The molecule has 0 aliphatic carbocycles. The first-order chi connectivity index (χ1) is 67.6. The van der Waals surface area contributed by atoms with E-state index >= 15 is 19.2 Å². The van der Waals surface area contributed by atoms with Crippen LogP contribution in [-0.4, -0.2) is 43.9 Å². The van der Waals surface area contributed by atoms with Gasteiger partial charge in [-0.15, -0.1) is 0 Å². The summed E-state index contributed by atoms with van der Waals surface area (Å²) in [6.45, 7) is 0. The van der Waals surface area contributed by atoms with Crippen molar-refractivity contribution >= 4 is 87.0 Å². The molecule has 0 amide bonds. The van der Waals surface area contributed by atoms with Crippen molar-refractivity contribution in [2.75, 3.05) is 0 Å². The third kappa shape index (κ3) is 20.2. The van der Waals surface area contributed by atoms with Gasteiger partial charge in [-0.2, -0.15) is 0 Å². The Hall–Kier alpha value is -15.9. The van der Waals surface area contributed by atoms with E-state index in [1.165, 1.54) is 0 Å². The number of hydrogen-bond acceptors (Lipinski definition) is 8. The topological polar surface area (TPSA) is 105 Å². The molecule has 0 radical (unpaired) electrons. The molecule has 20 rings (SSSR count). The van der Waals surface area contributed by atoms with Gasteiger partial charge >= 0.3 is 812 Å². The Bertz CT molecular complexity index is 6780. The molecule has 0 N–H and O–H groups in total. The summed E-state index contributed by atoms with van der Waals surface area (Å²) in [5.74, 6) is -4.15. The molecule has 0 unspecified atom stereocenters. The summed E-state index contributed by atoms with van der Waals surface area (Å²) in [6.07, 6.45) is 4.09. The van der Waals surface area contributed by atoms with Crippen molar-refractivity contribution in [3.8, 4) is 0 Å². The second-order valence-corrected chi connectivity index (χ2v) is 40.6. The van der Waals surface area contributed by atoms with E-state index in [1.807, 2.05) is 291 Å². The number of carbonyl (C=O) groups excluding carboxylic acids is 4. The summed E-state index contributed by atoms with van der Waals surface area (Å²) in [5, 5.41) is 5.08. The van der Waals surface area contributed by atoms with Crippen LogP contribution in [0.1, 0.15) is 175 Å². The fourth-order valence-electron chi connectivity index (χ4n) is 20.2. The Morgan fingerprint density at radius 3 is 0.380 bits per heavy atom. The summed E-state index contributed by atoms with van der Waals surface area (Å²) >= 11 is -8.07. The van der Waals surface area contributed by atoms with E-state index in [0.717, 1.165) is 133 Å². The molecule has 0 spiro atoms. The van der Waals surface area contributed by atoms with Crippen molar-refractivity contribution in [3.63, 3.8) is 0 Å². The van der Waals surface area contributed by atoms with Gasteiger partial charge in [-0.3, -0.25) is 0 Å². The number of rotatable bonds is 32. The van der Waals surface area contributed by atoms with Crippen molar-refractivity contribution in [2.45, 2.75) is 77.0 Å². The first kappa shape index (κ1) is 89.0. The van der Waals surface area contributed by atoms with Crippen LogP contribution in [0, 0.1) is 0 Å². The zero-order valence-corrected chi connectivity index (χ0v) is 79.0. The predicted octanol–water partition coefficient (Wildman–Crippen LogP) is 28.6. The molecule has 0 heterocycles. The molecular weight excluding hydrogens is 1780 g/mol. The molecule has 8 nitrogen and oxygen atoms in total. The number of carbonyl (C=O) groups is 4. The fraction of sp³-hybridized carbons (Fsp3) is 0.0938. The molecule has 0 atom stereocenters. The quantitative estimate of drug-likeness (QED) is 0.0384. The summed E-state index contributed by atoms with van der Waals surface area (Å²) in [5.41, 5.74) is 21.9. The molecule has 9 heteroatoms. The Morgan fingerprint density at radius 2 is 0.241 bits per heavy atom. The van der Waals surface area contributed by atoms with Crippen molar-refractivity contribution < 1.29 is 31.5 Å². The van der Waals surface area contributed by atoms with Gasteiger partial charge in [0, 0.05) is 0 Å². The van der Waals surface area contributed by atoms with E-state index in [9.17, 15) is 0 Å². The number of hydrogen-bond donors (Lipinski definition) is 0. The van der Waals surface area contributed by atoms with Gasteiger partial charge in [0.15, 0.2) is 0 Å². The minimum absolute atomic E-state index is 0.110. The summed E-state index contributed by atoms with van der Waals surface area (Å²) in [7, 11) is 0. The second-order valence-electron chi connectivity index (χ2n) is 35.4. The van der Waals surface area contributed by atoms with Gasteiger partial charge in [0.05, 0.1) is 0 Å². The van der Waals surface area contributed by atoms with Crippen LogP contribution in [0.25, 0.3) is 43.1 Å². The van der Waals surface area contributed by atoms with Crippen LogP contribution in [0.4, 0.5) is 0 Å². The Kier molecular flexibility index (Phi) is 27.1. The van der Waals surface area contributed by atoms with Crippen LogP contribution >= 0.6 is 0 Å². The van der Waals surface area contributed by atoms with Crippen molar-refractivity contribution in [2.24, 2.45) is 0 Å². The normalized spacial score (nSPS) is 11.4. The average Bonchev–Trinajstić information content (AvgIpc) is 0.731. The van der Waals surface area contributed by atoms with Crippen molar-refractivity contribution in [3.05, 3.63) is 617 Å². The maximum absolute atomic E-state index is 18.6. The van der Waals surface area contributed by atoms with E-state index in [4.69, 9.17) is 12.3 Å². The van der Waals surface area contributed by atoms with Crippen LogP contribution < -0.4 is 0 Å². The van der Waals surface area contributed by atoms with E-state index < -0.39 is 43.9 Å². The Morgan fingerprint density at radius 1 is 0.131 bits per heavy atom. The van der Waals surface area contributed by atoms with Crippen molar-refractivity contribution in [1.29, 1.82) is 0 Å².